The van der Waals surface area contributed by atoms with Gasteiger partial charge in [0.05, 0.1) is 6.10 Å². The van der Waals surface area contributed by atoms with Crippen LogP contribution < -0.4 is 5.73 Å². The minimum Gasteiger partial charge on any atom is -0.398 e. The molecule has 84 valence electrons. The van der Waals surface area contributed by atoms with Crippen LogP contribution in [0, 0.1) is 0 Å². The van der Waals surface area contributed by atoms with Crippen molar-refractivity contribution in [3.8, 4) is 0 Å². The summed E-state index contributed by atoms with van der Waals surface area (Å²) in [6.07, 6.45) is -1.37. The summed E-state index contributed by atoms with van der Waals surface area (Å²) < 4.78 is 0.823. The predicted molar refractivity (Wildman–Crippen MR) is 68.0 cm³/mol. The van der Waals surface area contributed by atoms with Crippen molar-refractivity contribution in [2.45, 2.75) is 18.6 Å². The van der Waals surface area contributed by atoms with E-state index in [1.807, 2.05) is 0 Å². The van der Waals surface area contributed by atoms with Crippen LogP contribution in [0.2, 0.25) is 0 Å². The molecule has 0 fully saturated rings. The van der Waals surface area contributed by atoms with E-state index in [1.165, 1.54) is 0 Å². The second kappa shape index (κ2) is 5.75. The lowest BCUT2D eigenvalue weighted by atomic mass is 10.0. The second-order valence-corrected chi connectivity index (χ2v) is 4.66. The fourth-order valence-corrected chi connectivity index (χ4v) is 1.94. The van der Waals surface area contributed by atoms with Crippen molar-refractivity contribution in [3.63, 3.8) is 0 Å². The van der Waals surface area contributed by atoms with Gasteiger partial charge in [0, 0.05) is 15.7 Å². The molecule has 0 aliphatic heterocycles. The zero-order valence-electron chi connectivity index (χ0n) is 8.10. The zero-order valence-corrected chi connectivity index (χ0v) is 10.6. The Kier molecular flexibility index (Phi) is 4.92. The molecule has 0 bridgehead atoms. The average molecular weight is 292 g/mol. The van der Waals surface area contributed by atoms with Gasteiger partial charge >= 0.3 is 0 Å². The van der Waals surface area contributed by atoms with Crippen LogP contribution in [0.4, 0.5) is 5.69 Å². The Hall–Kier alpha value is -0.230. The smallest absolute Gasteiger partial charge is 0.107 e. The standard InChI is InChI=1S/C10H14BrNO2S/c11-6-1-2-8(12)7(5-6)10(14)9(13)3-4-15/h1-2,5,9-10,13-15H,3-4,12H2. The van der Waals surface area contributed by atoms with Gasteiger partial charge in [0.15, 0.2) is 0 Å². The SMILES string of the molecule is Nc1ccc(Br)cc1C(O)C(O)CCS. The topological polar surface area (TPSA) is 66.5 Å². The number of hydrogen-bond donors (Lipinski definition) is 4. The maximum atomic E-state index is 9.84. The molecule has 0 heterocycles. The summed E-state index contributed by atoms with van der Waals surface area (Å²) in [7, 11) is 0. The van der Waals surface area contributed by atoms with E-state index < -0.39 is 12.2 Å². The summed E-state index contributed by atoms with van der Waals surface area (Å²) in [5.41, 5.74) is 6.73. The van der Waals surface area contributed by atoms with Crippen molar-refractivity contribution < 1.29 is 10.2 Å². The molecule has 2 unspecified atom stereocenters. The van der Waals surface area contributed by atoms with E-state index in [1.54, 1.807) is 18.2 Å². The Morgan fingerprint density at radius 2 is 2.07 bits per heavy atom. The molecule has 0 saturated heterocycles. The number of aliphatic hydroxyl groups is 2. The zero-order chi connectivity index (χ0) is 11.4. The van der Waals surface area contributed by atoms with Gasteiger partial charge in [0.1, 0.15) is 6.10 Å². The Morgan fingerprint density at radius 3 is 2.67 bits per heavy atom. The Bertz CT molecular complexity index is 335. The number of anilines is 1. The first-order chi connectivity index (χ1) is 7.06. The Balaban J connectivity index is 2.89. The number of halogens is 1. The van der Waals surface area contributed by atoms with Gasteiger partial charge in [-0.15, -0.1) is 0 Å². The number of aliphatic hydroxyl groups excluding tert-OH is 2. The van der Waals surface area contributed by atoms with Crippen molar-refractivity contribution in [3.05, 3.63) is 28.2 Å². The van der Waals surface area contributed by atoms with Crippen LogP contribution in [0.1, 0.15) is 18.1 Å². The fraction of sp³-hybridized carbons (Fsp3) is 0.400. The van der Waals surface area contributed by atoms with Crippen LogP contribution in [0.3, 0.4) is 0 Å². The van der Waals surface area contributed by atoms with E-state index in [0.717, 1.165) is 4.47 Å². The van der Waals surface area contributed by atoms with Gasteiger partial charge < -0.3 is 15.9 Å². The summed E-state index contributed by atoms with van der Waals surface area (Å²) in [6.45, 7) is 0. The monoisotopic (exact) mass is 291 g/mol. The van der Waals surface area contributed by atoms with E-state index in [9.17, 15) is 10.2 Å². The number of nitrogen functional groups attached to an aromatic ring is 1. The molecule has 1 rings (SSSR count). The number of rotatable bonds is 4. The number of nitrogens with two attached hydrogens (primary N) is 1. The first-order valence-electron chi connectivity index (χ1n) is 4.58. The molecule has 2 atom stereocenters. The van der Waals surface area contributed by atoms with Gasteiger partial charge in [-0.1, -0.05) is 15.9 Å². The van der Waals surface area contributed by atoms with Gasteiger partial charge in [-0.25, -0.2) is 0 Å². The van der Waals surface area contributed by atoms with Crippen molar-refractivity contribution in [1.82, 2.24) is 0 Å². The quantitative estimate of drug-likeness (QED) is 0.505. The van der Waals surface area contributed by atoms with E-state index in [4.69, 9.17) is 5.73 Å². The lowest BCUT2D eigenvalue weighted by Crippen LogP contribution is -2.19. The average Bonchev–Trinajstić information content (AvgIpc) is 2.21. The molecule has 15 heavy (non-hydrogen) atoms. The highest BCUT2D eigenvalue weighted by Crippen LogP contribution is 2.27. The largest absolute Gasteiger partial charge is 0.398 e. The van der Waals surface area contributed by atoms with E-state index in [2.05, 4.69) is 28.6 Å². The highest BCUT2D eigenvalue weighted by Gasteiger charge is 2.19. The molecule has 5 heteroatoms. The van der Waals surface area contributed by atoms with Gasteiger partial charge in [-0.2, -0.15) is 12.6 Å². The van der Waals surface area contributed by atoms with E-state index in [-0.39, 0.29) is 0 Å². The van der Waals surface area contributed by atoms with Crippen LogP contribution >= 0.6 is 28.6 Å². The highest BCUT2D eigenvalue weighted by molar-refractivity contribution is 9.10. The number of thiol groups is 1. The minimum absolute atomic E-state index is 0.427. The van der Waals surface area contributed by atoms with Crippen LogP contribution in [-0.2, 0) is 0 Å². The minimum atomic E-state index is -0.963. The highest BCUT2D eigenvalue weighted by atomic mass is 79.9. The third-order valence-electron chi connectivity index (χ3n) is 2.16. The van der Waals surface area contributed by atoms with E-state index in [0.29, 0.717) is 23.4 Å². The second-order valence-electron chi connectivity index (χ2n) is 3.30. The first-order valence-corrected chi connectivity index (χ1v) is 6.00. The van der Waals surface area contributed by atoms with Crippen LogP contribution in [0.15, 0.2) is 22.7 Å². The molecule has 0 saturated carbocycles. The Morgan fingerprint density at radius 1 is 1.40 bits per heavy atom. The molecule has 0 amide bonds. The molecular formula is C10H14BrNO2S. The predicted octanol–water partition coefficient (Wildman–Crippen LogP) is 1.75. The maximum Gasteiger partial charge on any atom is 0.107 e. The van der Waals surface area contributed by atoms with Crippen molar-refractivity contribution in [1.29, 1.82) is 0 Å². The summed E-state index contributed by atoms with van der Waals surface area (Å²) in [5, 5.41) is 19.5. The summed E-state index contributed by atoms with van der Waals surface area (Å²) in [6, 6.07) is 5.19. The lowest BCUT2D eigenvalue weighted by Gasteiger charge is -2.19. The van der Waals surface area contributed by atoms with Gasteiger partial charge in [0.2, 0.25) is 0 Å². The first kappa shape index (κ1) is 12.8. The Labute approximate surface area is 103 Å². The molecule has 1 aromatic carbocycles. The summed E-state index contributed by atoms with van der Waals surface area (Å²) >= 11 is 7.29. The molecule has 0 aliphatic rings. The third-order valence-corrected chi connectivity index (χ3v) is 2.91. The number of benzene rings is 1. The molecule has 0 radical (unpaired) electrons. The normalized spacial score (nSPS) is 14.9. The molecule has 0 aromatic heterocycles. The van der Waals surface area contributed by atoms with Gasteiger partial charge in [-0.05, 0) is 30.4 Å². The van der Waals surface area contributed by atoms with Crippen molar-refractivity contribution in [2.24, 2.45) is 0 Å². The van der Waals surface area contributed by atoms with Crippen molar-refractivity contribution in [2.75, 3.05) is 11.5 Å². The van der Waals surface area contributed by atoms with Gasteiger partial charge in [0.25, 0.3) is 0 Å². The van der Waals surface area contributed by atoms with Crippen LogP contribution in [-0.4, -0.2) is 22.1 Å². The lowest BCUT2D eigenvalue weighted by molar-refractivity contribution is 0.0176. The van der Waals surface area contributed by atoms with Crippen molar-refractivity contribution >= 4 is 34.2 Å². The molecule has 0 spiro atoms. The number of hydrogen-bond acceptors (Lipinski definition) is 4. The molecular weight excluding hydrogens is 278 g/mol. The summed E-state index contributed by atoms with van der Waals surface area (Å²) in [5.74, 6) is 0.520. The van der Waals surface area contributed by atoms with Crippen LogP contribution in [0.25, 0.3) is 0 Å². The van der Waals surface area contributed by atoms with Crippen LogP contribution in [0.5, 0.6) is 0 Å². The third kappa shape index (κ3) is 3.38. The summed E-state index contributed by atoms with van der Waals surface area (Å²) in [4.78, 5) is 0. The van der Waals surface area contributed by atoms with E-state index >= 15 is 0 Å². The molecule has 3 nitrogen and oxygen atoms in total. The fourth-order valence-electron chi connectivity index (χ4n) is 1.30. The van der Waals surface area contributed by atoms with Gasteiger partial charge in [-0.3, -0.25) is 0 Å². The molecule has 1 aromatic rings. The molecule has 0 aliphatic carbocycles. The molecule has 4 N–H and O–H groups in total. The maximum absolute atomic E-state index is 9.84.